The first kappa shape index (κ1) is 41.9. The zero-order valence-electron chi connectivity index (χ0n) is 29.7. The average molecular weight is 594 g/mol. The first-order chi connectivity index (χ1) is 20.8. The number of aliphatic hydroxyl groups is 1. The Bertz CT molecular complexity index is 453. The van der Waals surface area contributed by atoms with Crippen molar-refractivity contribution in [1.82, 2.24) is 5.32 Å². The molecule has 0 saturated carbocycles. The van der Waals surface area contributed by atoms with Gasteiger partial charge in [0.2, 0.25) is 0 Å². The van der Waals surface area contributed by atoms with Gasteiger partial charge in [-0.1, -0.05) is 226 Å². The van der Waals surface area contributed by atoms with Gasteiger partial charge >= 0.3 is 0 Å². The first-order valence-electron chi connectivity index (χ1n) is 20.2. The largest absolute Gasteiger partial charge is 0.379 e. The fourth-order valence-electron chi connectivity index (χ4n) is 6.46. The van der Waals surface area contributed by atoms with Crippen LogP contribution in [0.1, 0.15) is 245 Å². The summed E-state index contributed by atoms with van der Waals surface area (Å²) in [6.45, 7) is 5.58. The van der Waals surface area contributed by atoms with Crippen molar-refractivity contribution in [3.05, 3.63) is 0 Å². The van der Waals surface area contributed by atoms with Gasteiger partial charge in [-0.3, -0.25) is 5.32 Å². The third-order valence-corrected chi connectivity index (χ3v) is 9.49. The summed E-state index contributed by atoms with van der Waals surface area (Å²) in [4.78, 5) is 0. The van der Waals surface area contributed by atoms with Gasteiger partial charge in [-0.05, 0) is 25.8 Å². The fourth-order valence-corrected chi connectivity index (χ4v) is 6.46. The van der Waals surface area contributed by atoms with Crippen LogP contribution in [0.15, 0.2) is 0 Å². The van der Waals surface area contributed by atoms with Crippen molar-refractivity contribution in [2.45, 2.75) is 251 Å². The minimum Gasteiger partial charge on any atom is -0.379 e. The second-order valence-corrected chi connectivity index (χ2v) is 13.9. The molecule has 0 aromatic rings. The maximum Gasteiger partial charge on any atom is 0.104 e. The lowest BCUT2D eigenvalue weighted by Gasteiger charge is -2.12. The Hall–Kier alpha value is -0.0800. The van der Waals surface area contributed by atoms with Gasteiger partial charge in [0, 0.05) is 0 Å². The predicted molar refractivity (Wildman–Crippen MR) is 192 cm³/mol. The molecule has 0 rings (SSSR count). The molecule has 0 saturated heterocycles. The summed E-state index contributed by atoms with van der Waals surface area (Å²) in [5.41, 5.74) is 0. The molecule has 0 amide bonds. The molecular weight excluding hydrogens is 510 g/mol. The molecule has 0 aliphatic heterocycles. The van der Waals surface area contributed by atoms with E-state index in [9.17, 15) is 5.11 Å². The van der Waals surface area contributed by atoms with E-state index in [0.717, 1.165) is 13.0 Å². The van der Waals surface area contributed by atoms with Gasteiger partial charge in [0.15, 0.2) is 0 Å². The zero-order chi connectivity index (χ0) is 30.4. The monoisotopic (exact) mass is 594 g/mol. The average Bonchev–Trinajstić information content (AvgIpc) is 3.00. The molecule has 2 N–H and O–H groups in total. The van der Waals surface area contributed by atoms with Crippen LogP contribution in [0.3, 0.4) is 0 Å². The Morgan fingerprint density at radius 1 is 0.310 bits per heavy atom. The summed E-state index contributed by atoms with van der Waals surface area (Å²) in [6, 6.07) is 0. The van der Waals surface area contributed by atoms with E-state index in [1.165, 1.54) is 225 Å². The number of hydrogen-bond acceptors (Lipinski definition) is 2. The van der Waals surface area contributed by atoms with Gasteiger partial charge in [0.1, 0.15) is 6.23 Å². The number of unbranched alkanes of at least 4 members (excludes halogenated alkanes) is 33. The molecular formula is C40H83NO. The van der Waals surface area contributed by atoms with Crippen LogP contribution in [-0.4, -0.2) is 17.9 Å². The number of rotatable bonds is 38. The van der Waals surface area contributed by atoms with Crippen molar-refractivity contribution in [1.29, 1.82) is 0 Å². The molecule has 1 unspecified atom stereocenters. The minimum absolute atomic E-state index is 0.285. The van der Waals surface area contributed by atoms with Gasteiger partial charge in [-0.2, -0.15) is 0 Å². The van der Waals surface area contributed by atoms with Crippen LogP contribution >= 0.6 is 0 Å². The van der Waals surface area contributed by atoms with Crippen LogP contribution in [-0.2, 0) is 0 Å². The highest BCUT2D eigenvalue weighted by molar-refractivity contribution is 4.57. The molecule has 0 radical (unpaired) electrons. The fraction of sp³-hybridized carbons (Fsp3) is 1.00. The summed E-state index contributed by atoms with van der Waals surface area (Å²) in [5.74, 6) is 0. The predicted octanol–water partition coefficient (Wildman–Crippen LogP) is 14.0. The molecule has 0 aromatic heterocycles. The van der Waals surface area contributed by atoms with Crippen molar-refractivity contribution in [3.63, 3.8) is 0 Å². The Morgan fingerprint density at radius 2 is 0.524 bits per heavy atom. The summed E-state index contributed by atoms with van der Waals surface area (Å²) in [7, 11) is 0. The Labute approximate surface area is 267 Å². The van der Waals surface area contributed by atoms with E-state index in [1.807, 2.05) is 0 Å². The molecule has 42 heavy (non-hydrogen) atoms. The summed E-state index contributed by atoms with van der Waals surface area (Å²) < 4.78 is 0. The van der Waals surface area contributed by atoms with Gasteiger partial charge in [0.25, 0.3) is 0 Å². The van der Waals surface area contributed by atoms with Crippen LogP contribution in [0, 0.1) is 0 Å². The lowest BCUT2D eigenvalue weighted by atomic mass is 10.0. The molecule has 0 aliphatic rings. The molecule has 0 aliphatic carbocycles. The van der Waals surface area contributed by atoms with E-state index in [2.05, 4.69) is 19.2 Å². The summed E-state index contributed by atoms with van der Waals surface area (Å²) >= 11 is 0. The van der Waals surface area contributed by atoms with Crippen LogP contribution in [0.2, 0.25) is 0 Å². The lowest BCUT2D eigenvalue weighted by molar-refractivity contribution is 0.124. The third kappa shape index (κ3) is 37.9. The van der Waals surface area contributed by atoms with Gasteiger partial charge in [-0.15, -0.1) is 0 Å². The molecule has 0 heterocycles. The van der Waals surface area contributed by atoms with E-state index < -0.39 is 0 Å². The Morgan fingerprint density at radius 3 is 0.786 bits per heavy atom. The van der Waals surface area contributed by atoms with Crippen molar-refractivity contribution in [3.8, 4) is 0 Å². The first-order valence-corrected chi connectivity index (χ1v) is 20.2. The lowest BCUT2D eigenvalue weighted by Crippen LogP contribution is -2.29. The topological polar surface area (TPSA) is 32.3 Å². The maximum absolute atomic E-state index is 10.2. The van der Waals surface area contributed by atoms with Crippen LogP contribution in [0.5, 0.6) is 0 Å². The van der Waals surface area contributed by atoms with Crippen molar-refractivity contribution in [2.75, 3.05) is 6.54 Å². The van der Waals surface area contributed by atoms with Crippen LogP contribution in [0.25, 0.3) is 0 Å². The van der Waals surface area contributed by atoms with Gasteiger partial charge < -0.3 is 5.11 Å². The molecule has 1 atom stereocenters. The maximum atomic E-state index is 10.2. The summed E-state index contributed by atoms with van der Waals surface area (Å²) in [6.07, 6.45) is 50.2. The third-order valence-electron chi connectivity index (χ3n) is 9.49. The van der Waals surface area contributed by atoms with Gasteiger partial charge in [-0.25, -0.2) is 0 Å². The summed E-state index contributed by atoms with van der Waals surface area (Å²) in [5, 5.41) is 13.6. The second kappa shape index (κ2) is 38.9. The van der Waals surface area contributed by atoms with Crippen molar-refractivity contribution >= 4 is 0 Å². The Kier molecular flexibility index (Phi) is 38.9. The quantitative estimate of drug-likeness (QED) is 0.0551. The Balaban J connectivity index is 3.13. The van der Waals surface area contributed by atoms with Gasteiger partial charge in [0.05, 0.1) is 0 Å². The number of aliphatic hydroxyl groups excluding tert-OH is 1. The molecule has 0 bridgehead atoms. The van der Waals surface area contributed by atoms with E-state index in [-0.39, 0.29) is 6.23 Å². The molecule has 0 aromatic carbocycles. The normalized spacial score (nSPS) is 12.4. The standard InChI is InChI=1S/C40H83NO/c1-3-5-7-9-11-13-15-17-19-21-22-23-24-26-28-30-32-34-36-38-40(42)41-39-37-35-33-31-29-27-25-20-18-16-14-12-10-8-6-4-2/h40-42H,3-39H2,1-2H3. The molecule has 2 nitrogen and oxygen atoms in total. The highest BCUT2D eigenvalue weighted by Gasteiger charge is 2.03. The highest BCUT2D eigenvalue weighted by atomic mass is 16.3. The van der Waals surface area contributed by atoms with E-state index in [1.54, 1.807) is 0 Å². The molecule has 0 fully saturated rings. The minimum atomic E-state index is -0.285. The van der Waals surface area contributed by atoms with E-state index in [4.69, 9.17) is 0 Å². The number of nitrogens with one attached hydrogen (secondary N) is 1. The molecule has 0 spiro atoms. The SMILES string of the molecule is CCCCCCCCCCCCCCCCCCCCCC(O)NCCCCCCCCCCCCCCCCCC. The van der Waals surface area contributed by atoms with E-state index in [0.29, 0.717) is 0 Å². The van der Waals surface area contributed by atoms with Crippen molar-refractivity contribution in [2.24, 2.45) is 0 Å². The number of hydrogen-bond donors (Lipinski definition) is 2. The van der Waals surface area contributed by atoms with Crippen molar-refractivity contribution < 1.29 is 5.11 Å². The smallest absolute Gasteiger partial charge is 0.104 e. The van der Waals surface area contributed by atoms with Crippen LogP contribution < -0.4 is 5.32 Å². The molecule has 254 valence electrons. The zero-order valence-corrected chi connectivity index (χ0v) is 29.7. The molecule has 2 heteroatoms. The highest BCUT2D eigenvalue weighted by Crippen LogP contribution is 2.16. The second-order valence-electron chi connectivity index (χ2n) is 13.9. The van der Waals surface area contributed by atoms with Crippen LogP contribution in [0.4, 0.5) is 0 Å². The van der Waals surface area contributed by atoms with E-state index >= 15 is 0 Å².